The molecule has 13 heteroatoms. The molecule has 12 nitrogen and oxygen atoms in total. The van der Waals surface area contributed by atoms with Gasteiger partial charge in [0.1, 0.15) is 12.1 Å². The fraction of sp³-hybridized carbons (Fsp3) is 0.806. The van der Waals surface area contributed by atoms with E-state index in [0.717, 1.165) is 64.2 Å². The molecule has 0 spiro atoms. The number of nitrogens with one attached hydrogen (secondary N) is 4. The van der Waals surface area contributed by atoms with E-state index >= 15 is 0 Å². The van der Waals surface area contributed by atoms with Gasteiger partial charge in [-0.05, 0) is 49.4 Å². The van der Waals surface area contributed by atoms with Crippen LogP contribution in [-0.2, 0) is 29.0 Å². The number of sulfone groups is 1. The molecule has 0 aromatic heterocycles. The normalized spacial score (nSPS) is 32.9. The van der Waals surface area contributed by atoms with Gasteiger partial charge in [-0.1, -0.05) is 90.6 Å². The van der Waals surface area contributed by atoms with Gasteiger partial charge in [0.2, 0.25) is 17.6 Å². The standard InChI is InChI=1S/C36H57N5O7S/c1-4-21-37-32(44)30(42)25-16-12-9-7-5-6-8-10-13-17-26(33(45)41-23-24-28(35(24,2)3)29(41)31(43)38-25)39-34(46)40-36(19-14-11-15-20-36)27-18-22-49(27,47)48/h4,24-29H,1,5-23H2,2-3H3,(H,37,44)(H,38,43)(H2,39,40,46)/t24-,25-,26-,27-,28-,29-/m0/s1. The second kappa shape index (κ2) is 15.5. The van der Waals surface area contributed by atoms with Gasteiger partial charge in [-0.3, -0.25) is 19.2 Å². The molecular weight excluding hydrogens is 646 g/mol. The maximum Gasteiger partial charge on any atom is 0.315 e. The van der Waals surface area contributed by atoms with Crippen LogP contribution < -0.4 is 21.3 Å². The second-order valence-electron chi connectivity index (χ2n) is 15.7. The lowest BCUT2D eigenvalue weighted by Gasteiger charge is -2.47. The minimum Gasteiger partial charge on any atom is -0.346 e. The minimum atomic E-state index is -3.28. The zero-order chi connectivity index (χ0) is 35.4. The Balaban J connectivity index is 1.37. The monoisotopic (exact) mass is 703 g/mol. The van der Waals surface area contributed by atoms with Gasteiger partial charge in [0, 0.05) is 13.1 Å². The number of nitrogens with zero attached hydrogens (tertiary/aromatic N) is 1. The van der Waals surface area contributed by atoms with Crippen molar-refractivity contribution in [2.24, 2.45) is 17.3 Å². The minimum absolute atomic E-state index is 0.0895. The van der Waals surface area contributed by atoms with Crippen LogP contribution in [0.3, 0.4) is 0 Å². The van der Waals surface area contributed by atoms with E-state index in [2.05, 4.69) is 41.7 Å². The first kappa shape index (κ1) is 37.3. The van der Waals surface area contributed by atoms with Crippen molar-refractivity contribution in [3.63, 3.8) is 0 Å². The quantitative estimate of drug-likeness (QED) is 0.233. The van der Waals surface area contributed by atoms with Crippen molar-refractivity contribution in [2.75, 3.05) is 18.8 Å². The number of hydrogen-bond acceptors (Lipinski definition) is 7. The fourth-order valence-electron chi connectivity index (χ4n) is 9.14. The van der Waals surface area contributed by atoms with Crippen molar-refractivity contribution >= 4 is 39.4 Å². The largest absolute Gasteiger partial charge is 0.346 e. The molecule has 4 N–H and O–H groups in total. The maximum absolute atomic E-state index is 14.4. The van der Waals surface area contributed by atoms with E-state index in [1.165, 1.54) is 6.08 Å². The Labute approximate surface area is 291 Å². The Kier molecular flexibility index (Phi) is 11.8. The molecule has 274 valence electrons. The maximum atomic E-state index is 14.4. The molecule has 5 amide bonds. The van der Waals surface area contributed by atoms with E-state index < -0.39 is 62.4 Å². The average molecular weight is 704 g/mol. The molecule has 3 aliphatic heterocycles. The van der Waals surface area contributed by atoms with Crippen LogP contribution in [0.15, 0.2) is 12.7 Å². The molecule has 0 unspecified atom stereocenters. The molecule has 2 aliphatic carbocycles. The number of rotatable bonds is 7. The zero-order valence-corrected chi connectivity index (χ0v) is 30.2. The highest BCUT2D eigenvalue weighted by molar-refractivity contribution is 7.93. The highest BCUT2D eigenvalue weighted by atomic mass is 32.2. The van der Waals surface area contributed by atoms with Crippen LogP contribution in [0.1, 0.15) is 117 Å². The third-order valence-electron chi connectivity index (χ3n) is 12.2. The second-order valence-corrected chi connectivity index (χ2v) is 18.0. The highest BCUT2D eigenvalue weighted by Crippen LogP contribution is 2.65. The number of carbonyl (C=O) groups excluding carboxylic acids is 5. The average Bonchev–Trinajstić information content (AvgIpc) is 3.36. The molecule has 3 saturated heterocycles. The van der Waals surface area contributed by atoms with E-state index in [9.17, 15) is 32.4 Å². The number of piperidine rings is 1. The Morgan fingerprint density at radius 2 is 1.53 bits per heavy atom. The van der Waals surface area contributed by atoms with Crippen LogP contribution in [-0.4, -0.2) is 90.6 Å². The summed E-state index contributed by atoms with van der Waals surface area (Å²) in [5.74, 6) is -2.18. The summed E-state index contributed by atoms with van der Waals surface area (Å²) in [5.41, 5.74) is -1.03. The Hall–Kier alpha value is -2.96. The Morgan fingerprint density at radius 1 is 0.918 bits per heavy atom. The molecular formula is C36H57N5O7S. The van der Waals surface area contributed by atoms with Crippen LogP contribution in [0.2, 0.25) is 0 Å². The summed E-state index contributed by atoms with van der Waals surface area (Å²) in [6.45, 7) is 8.23. The summed E-state index contributed by atoms with van der Waals surface area (Å²) in [6.07, 6.45) is 13.7. The van der Waals surface area contributed by atoms with Gasteiger partial charge in [-0.15, -0.1) is 6.58 Å². The summed E-state index contributed by atoms with van der Waals surface area (Å²) in [7, 11) is -3.28. The van der Waals surface area contributed by atoms with Gasteiger partial charge in [0.05, 0.1) is 22.6 Å². The summed E-state index contributed by atoms with van der Waals surface area (Å²) in [4.78, 5) is 69.8. The molecule has 49 heavy (non-hydrogen) atoms. The van der Waals surface area contributed by atoms with Gasteiger partial charge in [-0.25, -0.2) is 13.2 Å². The van der Waals surface area contributed by atoms with Crippen molar-refractivity contribution in [3.8, 4) is 0 Å². The molecule has 2 saturated carbocycles. The van der Waals surface area contributed by atoms with Gasteiger partial charge < -0.3 is 26.2 Å². The van der Waals surface area contributed by atoms with Crippen molar-refractivity contribution < 1.29 is 32.4 Å². The van der Waals surface area contributed by atoms with Crippen molar-refractivity contribution in [1.82, 2.24) is 26.2 Å². The van der Waals surface area contributed by atoms with Gasteiger partial charge >= 0.3 is 6.03 Å². The lowest BCUT2D eigenvalue weighted by molar-refractivity contribution is -0.144. The molecule has 5 aliphatic rings. The predicted octanol–water partition coefficient (Wildman–Crippen LogP) is 3.30. The third kappa shape index (κ3) is 8.17. The van der Waals surface area contributed by atoms with Crippen LogP contribution in [0.5, 0.6) is 0 Å². The summed E-state index contributed by atoms with van der Waals surface area (Å²) in [5, 5.41) is 10.8. The lowest BCUT2D eigenvalue weighted by atomic mass is 9.78. The lowest BCUT2D eigenvalue weighted by Crippen LogP contribution is -2.66. The first-order chi connectivity index (χ1) is 23.3. The van der Waals surface area contributed by atoms with E-state index in [-0.39, 0.29) is 35.5 Å². The number of urea groups is 1. The molecule has 6 atom stereocenters. The number of Topliss-reactive ketones (excluding diaryl/α,β-unsaturated/α-hetero) is 1. The molecule has 0 aromatic rings. The Morgan fingerprint density at radius 3 is 2.12 bits per heavy atom. The van der Waals surface area contributed by atoms with E-state index in [4.69, 9.17) is 0 Å². The van der Waals surface area contributed by atoms with Crippen molar-refractivity contribution in [2.45, 2.75) is 145 Å². The first-order valence-corrected chi connectivity index (χ1v) is 20.4. The van der Waals surface area contributed by atoms with Crippen molar-refractivity contribution in [1.29, 1.82) is 0 Å². The SMILES string of the molecule is C=CCNC(=O)C(=O)[C@@H]1CCCCCCCCCC[C@H](NC(=O)NC2([C@@H]3CCS3(=O)=O)CCCCC2)C(=O)N2C[C@H]3[C@@H]([C@H]2C(=O)N1)C3(C)C. The molecule has 0 aromatic carbocycles. The first-order valence-electron chi connectivity index (χ1n) is 18.7. The zero-order valence-electron chi connectivity index (χ0n) is 29.4. The van der Waals surface area contributed by atoms with E-state index in [1.54, 1.807) is 4.90 Å². The van der Waals surface area contributed by atoms with Crippen LogP contribution in [0.4, 0.5) is 4.79 Å². The number of ketones is 1. The number of fused-ring (bicyclic) bond motifs is 3. The molecule has 5 rings (SSSR count). The van der Waals surface area contributed by atoms with Crippen molar-refractivity contribution in [3.05, 3.63) is 12.7 Å². The van der Waals surface area contributed by atoms with Crippen LogP contribution >= 0.6 is 0 Å². The highest BCUT2D eigenvalue weighted by Gasteiger charge is 2.69. The van der Waals surface area contributed by atoms with Crippen LogP contribution in [0.25, 0.3) is 0 Å². The summed E-state index contributed by atoms with van der Waals surface area (Å²) < 4.78 is 25.5. The Bertz CT molecular complexity index is 1390. The smallest absolute Gasteiger partial charge is 0.315 e. The molecule has 0 radical (unpaired) electrons. The summed E-state index contributed by atoms with van der Waals surface area (Å²) in [6, 6.07) is -3.30. The summed E-state index contributed by atoms with van der Waals surface area (Å²) >= 11 is 0. The van der Waals surface area contributed by atoms with Gasteiger partial charge in [0.25, 0.3) is 5.91 Å². The number of hydrogen-bond donors (Lipinski definition) is 4. The van der Waals surface area contributed by atoms with E-state index in [0.29, 0.717) is 45.1 Å². The molecule has 3 heterocycles. The topological polar surface area (TPSA) is 171 Å². The molecule has 5 fully saturated rings. The third-order valence-corrected chi connectivity index (χ3v) is 14.5. The molecule has 0 bridgehead atoms. The van der Waals surface area contributed by atoms with E-state index in [1.807, 2.05) is 0 Å². The van der Waals surface area contributed by atoms with Crippen LogP contribution in [0, 0.1) is 17.3 Å². The number of amides is 5. The number of carbonyl (C=O) groups is 5. The van der Waals surface area contributed by atoms with Gasteiger partial charge in [0.15, 0.2) is 9.84 Å². The van der Waals surface area contributed by atoms with Gasteiger partial charge in [-0.2, -0.15) is 0 Å². The fourth-order valence-corrected chi connectivity index (χ4v) is 11.0. The predicted molar refractivity (Wildman–Crippen MR) is 186 cm³/mol.